The minimum atomic E-state index is -0.0379. The van der Waals surface area contributed by atoms with Crippen molar-refractivity contribution in [2.45, 2.75) is 84.4 Å². The van der Waals surface area contributed by atoms with Gasteiger partial charge in [0.25, 0.3) is 0 Å². The van der Waals surface area contributed by atoms with Gasteiger partial charge in [-0.2, -0.15) is 0 Å². The van der Waals surface area contributed by atoms with Crippen molar-refractivity contribution in [2.24, 2.45) is 5.41 Å². The molecule has 0 bridgehead atoms. The maximum atomic E-state index is 6.14. The van der Waals surface area contributed by atoms with E-state index < -0.39 is 0 Å². The minimum absolute atomic E-state index is 0.0379. The number of ether oxygens (including phenoxy) is 2. The fraction of sp³-hybridized carbons (Fsp3) is 1.00. The fourth-order valence-electron chi connectivity index (χ4n) is 3.64. The molecule has 3 heteroatoms. The normalized spacial score (nSPS) is 30.9. The lowest BCUT2D eigenvalue weighted by molar-refractivity contribution is -0.0624. The SMILES string of the molecule is CC(C)(C)COCC1CCC2(COC(C)(C)C)CCCN12. The molecule has 2 rings (SSSR count). The van der Waals surface area contributed by atoms with E-state index in [4.69, 9.17) is 9.47 Å². The van der Waals surface area contributed by atoms with Gasteiger partial charge < -0.3 is 9.47 Å². The van der Waals surface area contributed by atoms with Crippen LogP contribution in [0, 0.1) is 5.41 Å². The zero-order valence-corrected chi connectivity index (χ0v) is 15.0. The van der Waals surface area contributed by atoms with Crippen molar-refractivity contribution in [3.05, 3.63) is 0 Å². The quantitative estimate of drug-likeness (QED) is 0.769. The molecule has 124 valence electrons. The Balaban J connectivity index is 1.87. The van der Waals surface area contributed by atoms with Crippen LogP contribution >= 0.6 is 0 Å². The zero-order valence-electron chi connectivity index (χ0n) is 15.0. The van der Waals surface area contributed by atoms with Gasteiger partial charge >= 0.3 is 0 Å². The first-order chi connectivity index (χ1) is 9.61. The summed E-state index contributed by atoms with van der Waals surface area (Å²) in [5.74, 6) is 0. The maximum absolute atomic E-state index is 6.14. The molecule has 2 saturated heterocycles. The largest absolute Gasteiger partial charge is 0.379 e. The second-order valence-electron chi connectivity index (χ2n) is 9.19. The third-order valence-corrected chi connectivity index (χ3v) is 4.65. The summed E-state index contributed by atoms with van der Waals surface area (Å²) in [6.07, 6.45) is 5.13. The van der Waals surface area contributed by atoms with E-state index in [0.717, 1.165) is 19.8 Å². The predicted molar refractivity (Wildman–Crippen MR) is 87.7 cm³/mol. The molecule has 3 nitrogen and oxygen atoms in total. The number of nitrogens with zero attached hydrogens (tertiary/aromatic N) is 1. The fourth-order valence-corrected chi connectivity index (χ4v) is 3.64. The van der Waals surface area contributed by atoms with Gasteiger partial charge in [0.15, 0.2) is 0 Å². The van der Waals surface area contributed by atoms with Crippen LogP contribution in [0.5, 0.6) is 0 Å². The lowest BCUT2D eigenvalue weighted by atomic mass is 9.95. The molecule has 0 aromatic heterocycles. The van der Waals surface area contributed by atoms with E-state index in [1.54, 1.807) is 0 Å². The summed E-state index contributed by atoms with van der Waals surface area (Å²) >= 11 is 0. The van der Waals surface area contributed by atoms with Crippen LogP contribution in [0.25, 0.3) is 0 Å². The molecule has 2 aliphatic heterocycles. The van der Waals surface area contributed by atoms with Gasteiger partial charge in [-0.3, -0.25) is 4.90 Å². The molecule has 0 spiro atoms. The molecular weight excluding hydrogens is 262 g/mol. The van der Waals surface area contributed by atoms with Gasteiger partial charge in [-0.15, -0.1) is 0 Å². The molecule has 2 fully saturated rings. The van der Waals surface area contributed by atoms with Crippen molar-refractivity contribution in [3.63, 3.8) is 0 Å². The van der Waals surface area contributed by atoms with Gasteiger partial charge in [-0.25, -0.2) is 0 Å². The summed E-state index contributed by atoms with van der Waals surface area (Å²) in [6.45, 7) is 17.0. The predicted octanol–water partition coefficient (Wildman–Crippen LogP) is 3.86. The van der Waals surface area contributed by atoms with Crippen LogP contribution in [0.2, 0.25) is 0 Å². The van der Waals surface area contributed by atoms with Crippen LogP contribution in [0.1, 0.15) is 67.2 Å². The monoisotopic (exact) mass is 297 g/mol. The summed E-state index contributed by atoms with van der Waals surface area (Å²) in [6, 6.07) is 0.596. The van der Waals surface area contributed by atoms with Crippen LogP contribution in [0.15, 0.2) is 0 Å². The Kier molecular flexibility index (Phi) is 5.07. The third kappa shape index (κ3) is 4.67. The minimum Gasteiger partial charge on any atom is -0.379 e. The summed E-state index contributed by atoms with van der Waals surface area (Å²) in [7, 11) is 0. The molecule has 2 heterocycles. The Hall–Kier alpha value is -0.120. The lowest BCUT2D eigenvalue weighted by Gasteiger charge is -2.37. The van der Waals surface area contributed by atoms with Crippen molar-refractivity contribution in [1.29, 1.82) is 0 Å². The molecule has 0 N–H and O–H groups in total. The smallest absolute Gasteiger partial charge is 0.0657 e. The molecule has 2 aliphatic rings. The van der Waals surface area contributed by atoms with Gasteiger partial charge in [0.2, 0.25) is 0 Å². The summed E-state index contributed by atoms with van der Waals surface area (Å²) < 4.78 is 12.1. The van der Waals surface area contributed by atoms with Crippen molar-refractivity contribution in [1.82, 2.24) is 4.90 Å². The lowest BCUT2D eigenvalue weighted by Crippen LogP contribution is -2.48. The standard InChI is InChI=1S/C18H35NO2/c1-16(2,3)13-20-12-15-8-10-18(9-7-11-19(15)18)14-21-17(4,5)6/h15H,7-14H2,1-6H3. The Morgan fingerprint density at radius 2 is 1.81 bits per heavy atom. The number of fused-ring (bicyclic) bond motifs is 1. The van der Waals surface area contributed by atoms with Crippen LogP contribution in [-0.2, 0) is 9.47 Å². The highest BCUT2D eigenvalue weighted by molar-refractivity contribution is 5.04. The molecule has 21 heavy (non-hydrogen) atoms. The second kappa shape index (κ2) is 6.17. The molecule has 2 unspecified atom stereocenters. The first kappa shape index (κ1) is 17.2. The average Bonchev–Trinajstić information content (AvgIpc) is 2.85. The van der Waals surface area contributed by atoms with E-state index in [1.807, 2.05) is 0 Å². The number of hydrogen-bond acceptors (Lipinski definition) is 3. The van der Waals surface area contributed by atoms with Crippen LogP contribution in [0.3, 0.4) is 0 Å². The van der Waals surface area contributed by atoms with E-state index in [9.17, 15) is 0 Å². The average molecular weight is 297 g/mol. The Morgan fingerprint density at radius 1 is 1.10 bits per heavy atom. The topological polar surface area (TPSA) is 21.7 Å². The first-order valence-corrected chi connectivity index (χ1v) is 8.60. The van der Waals surface area contributed by atoms with Crippen LogP contribution < -0.4 is 0 Å². The Bertz CT molecular complexity index is 342. The van der Waals surface area contributed by atoms with E-state index in [2.05, 4.69) is 46.4 Å². The van der Waals surface area contributed by atoms with Gasteiger partial charge in [0.05, 0.1) is 25.4 Å². The number of hydrogen-bond donors (Lipinski definition) is 0. The third-order valence-electron chi connectivity index (χ3n) is 4.65. The Labute approximate surface area is 131 Å². The van der Waals surface area contributed by atoms with Gasteiger partial charge in [0, 0.05) is 11.6 Å². The molecular formula is C18H35NO2. The maximum Gasteiger partial charge on any atom is 0.0657 e. The molecule has 0 saturated carbocycles. The zero-order chi connectivity index (χ0) is 15.7. The van der Waals surface area contributed by atoms with E-state index in [0.29, 0.717) is 11.6 Å². The van der Waals surface area contributed by atoms with E-state index >= 15 is 0 Å². The molecule has 0 aliphatic carbocycles. The van der Waals surface area contributed by atoms with E-state index in [1.165, 1.54) is 32.2 Å². The molecule has 0 amide bonds. The highest BCUT2D eigenvalue weighted by Crippen LogP contribution is 2.43. The van der Waals surface area contributed by atoms with E-state index in [-0.39, 0.29) is 11.0 Å². The van der Waals surface area contributed by atoms with Crippen molar-refractivity contribution >= 4 is 0 Å². The van der Waals surface area contributed by atoms with Crippen molar-refractivity contribution in [2.75, 3.05) is 26.4 Å². The molecule has 2 atom stereocenters. The van der Waals surface area contributed by atoms with Crippen molar-refractivity contribution in [3.8, 4) is 0 Å². The summed E-state index contributed by atoms with van der Waals surface area (Å²) in [5.41, 5.74) is 0.517. The number of rotatable bonds is 5. The Morgan fingerprint density at radius 3 is 2.43 bits per heavy atom. The highest BCUT2D eigenvalue weighted by atomic mass is 16.5. The molecule has 0 radical (unpaired) electrons. The van der Waals surface area contributed by atoms with Gasteiger partial charge in [0.1, 0.15) is 0 Å². The molecule has 0 aromatic carbocycles. The highest BCUT2D eigenvalue weighted by Gasteiger charge is 2.49. The van der Waals surface area contributed by atoms with Gasteiger partial charge in [-0.1, -0.05) is 20.8 Å². The summed E-state index contributed by atoms with van der Waals surface area (Å²) in [5, 5.41) is 0. The summed E-state index contributed by atoms with van der Waals surface area (Å²) in [4.78, 5) is 2.70. The second-order valence-corrected chi connectivity index (χ2v) is 9.19. The van der Waals surface area contributed by atoms with Gasteiger partial charge in [-0.05, 0) is 58.4 Å². The van der Waals surface area contributed by atoms with Crippen LogP contribution in [0.4, 0.5) is 0 Å². The van der Waals surface area contributed by atoms with Crippen LogP contribution in [-0.4, -0.2) is 48.4 Å². The van der Waals surface area contributed by atoms with Crippen molar-refractivity contribution < 1.29 is 9.47 Å². The molecule has 0 aromatic rings. The first-order valence-electron chi connectivity index (χ1n) is 8.60.